The van der Waals surface area contributed by atoms with Gasteiger partial charge in [0.25, 0.3) is 0 Å². The SMILES string of the molecule is CS(=O)(=O)CCCN(Cc1ccccc1)Cc1ccccc1. The average molecular weight is 317 g/mol. The highest BCUT2D eigenvalue weighted by molar-refractivity contribution is 7.90. The number of nitrogens with zero attached hydrogens (tertiary/aromatic N) is 1. The van der Waals surface area contributed by atoms with E-state index in [2.05, 4.69) is 29.2 Å². The maximum Gasteiger partial charge on any atom is 0.147 e. The Bertz CT molecular complexity index is 613. The second kappa shape index (κ2) is 8.11. The van der Waals surface area contributed by atoms with Crippen molar-refractivity contribution in [1.29, 1.82) is 0 Å². The first-order valence-corrected chi connectivity index (χ1v) is 9.57. The molecule has 0 saturated heterocycles. The zero-order valence-corrected chi connectivity index (χ0v) is 13.8. The van der Waals surface area contributed by atoms with E-state index >= 15 is 0 Å². The van der Waals surface area contributed by atoms with E-state index in [1.54, 1.807) is 0 Å². The van der Waals surface area contributed by atoms with Crippen LogP contribution in [0.5, 0.6) is 0 Å². The van der Waals surface area contributed by atoms with Gasteiger partial charge in [-0.2, -0.15) is 0 Å². The number of rotatable bonds is 8. The molecule has 0 radical (unpaired) electrons. The molecule has 0 bridgehead atoms. The molecule has 0 aliphatic rings. The standard InChI is InChI=1S/C18H23NO2S/c1-22(20,21)14-8-13-19(15-17-9-4-2-5-10-17)16-18-11-6-3-7-12-18/h2-7,9-12H,8,13-16H2,1H3. The molecular formula is C18H23NO2S. The Hall–Kier alpha value is -1.65. The Morgan fingerprint density at radius 1 is 0.818 bits per heavy atom. The zero-order valence-electron chi connectivity index (χ0n) is 13.0. The van der Waals surface area contributed by atoms with Crippen LogP contribution in [0.3, 0.4) is 0 Å². The van der Waals surface area contributed by atoms with Gasteiger partial charge in [-0.25, -0.2) is 8.42 Å². The van der Waals surface area contributed by atoms with Crippen LogP contribution in [-0.4, -0.2) is 31.9 Å². The molecule has 0 amide bonds. The predicted octanol–water partition coefficient (Wildman–Crippen LogP) is 3.12. The van der Waals surface area contributed by atoms with E-state index in [1.165, 1.54) is 17.4 Å². The maximum absolute atomic E-state index is 11.3. The summed E-state index contributed by atoms with van der Waals surface area (Å²) in [5.74, 6) is 0.243. The third kappa shape index (κ3) is 6.41. The van der Waals surface area contributed by atoms with Gasteiger partial charge in [-0.1, -0.05) is 60.7 Å². The molecule has 118 valence electrons. The molecule has 2 rings (SSSR count). The molecular weight excluding hydrogens is 294 g/mol. The highest BCUT2D eigenvalue weighted by atomic mass is 32.2. The predicted molar refractivity (Wildman–Crippen MR) is 91.3 cm³/mol. The van der Waals surface area contributed by atoms with Crippen LogP contribution in [0.4, 0.5) is 0 Å². The molecule has 0 spiro atoms. The smallest absolute Gasteiger partial charge is 0.147 e. The van der Waals surface area contributed by atoms with Crippen molar-refractivity contribution < 1.29 is 8.42 Å². The molecule has 0 aliphatic heterocycles. The average Bonchev–Trinajstić information content (AvgIpc) is 2.48. The summed E-state index contributed by atoms with van der Waals surface area (Å²) in [4.78, 5) is 2.30. The Kier molecular flexibility index (Phi) is 6.16. The first-order valence-electron chi connectivity index (χ1n) is 7.51. The van der Waals surface area contributed by atoms with Gasteiger partial charge in [0, 0.05) is 19.3 Å². The van der Waals surface area contributed by atoms with Crippen LogP contribution in [0, 0.1) is 0 Å². The summed E-state index contributed by atoms with van der Waals surface area (Å²) >= 11 is 0. The van der Waals surface area contributed by atoms with Gasteiger partial charge in [0.05, 0.1) is 5.75 Å². The normalized spacial score (nSPS) is 11.7. The molecule has 0 aliphatic carbocycles. The second-order valence-corrected chi connectivity index (χ2v) is 7.93. The van der Waals surface area contributed by atoms with Crippen molar-refractivity contribution in [3.8, 4) is 0 Å². The minimum Gasteiger partial charge on any atom is -0.295 e. The van der Waals surface area contributed by atoms with E-state index in [4.69, 9.17) is 0 Å². The van der Waals surface area contributed by atoms with Crippen LogP contribution < -0.4 is 0 Å². The maximum atomic E-state index is 11.3. The highest BCUT2D eigenvalue weighted by Crippen LogP contribution is 2.10. The first-order chi connectivity index (χ1) is 10.5. The topological polar surface area (TPSA) is 37.4 Å². The Labute approximate surface area is 133 Å². The summed E-state index contributed by atoms with van der Waals surface area (Å²) in [5.41, 5.74) is 2.50. The Balaban J connectivity index is 2.00. The molecule has 2 aromatic rings. The monoisotopic (exact) mass is 317 g/mol. The van der Waals surface area contributed by atoms with Crippen molar-refractivity contribution in [3.63, 3.8) is 0 Å². The third-order valence-corrected chi connectivity index (χ3v) is 4.52. The largest absolute Gasteiger partial charge is 0.295 e. The zero-order chi connectivity index (χ0) is 15.8. The number of hydrogen-bond donors (Lipinski definition) is 0. The van der Waals surface area contributed by atoms with E-state index < -0.39 is 9.84 Å². The lowest BCUT2D eigenvalue weighted by atomic mass is 10.1. The molecule has 0 unspecified atom stereocenters. The molecule has 2 aromatic carbocycles. The summed E-state index contributed by atoms with van der Waals surface area (Å²) in [6, 6.07) is 20.6. The molecule has 22 heavy (non-hydrogen) atoms. The van der Waals surface area contributed by atoms with Gasteiger partial charge in [0.2, 0.25) is 0 Å². The van der Waals surface area contributed by atoms with Crippen molar-refractivity contribution in [3.05, 3.63) is 71.8 Å². The van der Waals surface area contributed by atoms with Gasteiger partial charge in [0.1, 0.15) is 9.84 Å². The van der Waals surface area contributed by atoms with E-state index in [1.807, 2.05) is 36.4 Å². The van der Waals surface area contributed by atoms with Gasteiger partial charge in [-0.15, -0.1) is 0 Å². The molecule has 0 saturated carbocycles. The van der Waals surface area contributed by atoms with Gasteiger partial charge in [-0.05, 0) is 24.1 Å². The van der Waals surface area contributed by atoms with Crippen molar-refractivity contribution in [2.75, 3.05) is 18.6 Å². The molecule has 0 fully saturated rings. The lowest BCUT2D eigenvalue weighted by Crippen LogP contribution is -2.25. The van der Waals surface area contributed by atoms with E-state index in [-0.39, 0.29) is 5.75 Å². The fraction of sp³-hybridized carbons (Fsp3) is 0.333. The lowest BCUT2D eigenvalue weighted by Gasteiger charge is -2.22. The molecule has 3 nitrogen and oxygen atoms in total. The first kappa shape index (κ1) is 16.7. The number of sulfone groups is 1. The van der Waals surface area contributed by atoms with Crippen molar-refractivity contribution in [2.45, 2.75) is 19.5 Å². The molecule has 0 aromatic heterocycles. The van der Waals surface area contributed by atoms with E-state index in [0.717, 1.165) is 19.6 Å². The third-order valence-electron chi connectivity index (χ3n) is 3.49. The molecule has 4 heteroatoms. The lowest BCUT2D eigenvalue weighted by molar-refractivity contribution is 0.257. The van der Waals surface area contributed by atoms with Crippen LogP contribution in [-0.2, 0) is 22.9 Å². The summed E-state index contributed by atoms with van der Waals surface area (Å²) in [6.07, 6.45) is 1.96. The fourth-order valence-corrected chi connectivity index (χ4v) is 3.10. The van der Waals surface area contributed by atoms with Crippen molar-refractivity contribution in [1.82, 2.24) is 4.90 Å². The minimum absolute atomic E-state index is 0.243. The number of hydrogen-bond acceptors (Lipinski definition) is 3. The van der Waals surface area contributed by atoms with Gasteiger partial charge in [0.15, 0.2) is 0 Å². The Morgan fingerprint density at radius 2 is 1.27 bits per heavy atom. The summed E-state index contributed by atoms with van der Waals surface area (Å²) < 4.78 is 22.6. The van der Waals surface area contributed by atoms with Crippen LogP contribution >= 0.6 is 0 Å². The summed E-state index contributed by atoms with van der Waals surface area (Å²) in [6.45, 7) is 2.44. The van der Waals surface area contributed by atoms with Crippen LogP contribution in [0.1, 0.15) is 17.5 Å². The summed E-state index contributed by atoms with van der Waals surface area (Å²) in [7, 11) is -2.89. The Morgan fingerprint density at radius 3 is 1.68 bits per heavy atom. The van der Waals surface area contributed by atoms with Crippen molar-refractivity contribution in [2.24, 2.45) is 0 Å². The van der Waals surface area contributed by atoms with E-state index in [9.17, 15) is 8.42 Å². The van der Waals surface area contributed by atoms with Gasteiger partial charge >= 0.3 is 0 Å². The van der Waals surface area contributed by atoms with Crippen LogP contribution in [0.2, 0.25) is 0 Å². The summed E-state index contributed by atoms with van der Waals surface area (Å²) in [5, 5.41) is 0. The van der Waals surface area contributed by atoms with Crippen LogP contribution in [0.15, 0.2) is 60.7 Å². The minimum atomic E-state index is -2.89. The highest BCUT2D eigenvalue weighted by Gasteiger charge is 2.09. The molecule has 0 atom stereocenters. The number of benzene rings is 2. The molecule has 0 heterocycles. The second-order valence-electron chi connectivity index (χ2n) is 5.67. The fourth-order valence-electron chi connectivity index (χ4n) is 2.45. The van der Waals surface area contributed by atoms with Crippen LogP contribution in [0.25, 0.3) is 0 Å². The van der Waals surface area contributed by atoms with Gasteiger partial charge < -0.3 is 0 Å². The van der Waals surface area contributed by atoms with Crippen molar-refractivity contribution >= 4 is 9.84 Å². The van der Waals surface area contributed by atoms with Gasteiger partial charge in [-0.3, -0.25) is 4.90 Å². The van der Waals surface area contributed by atoms with E-state index in [0.29, 0.717) is 6.42 Å². The quantitative estimate of drug-likeness (QED) is 0.751. The molecule has 0 N–H and O–H groups in total.